The standard InChI is InChI=1S/C22H24ClFN4O3/c1-2-17-20(28-9-7-16(11-28)31-22-18(23)4-3-8-25-22)26-13-27-21(17)30-15-5-6-19(24)14(10-15)12-29/h3-6,8,10,16,26,29H,2,7,9,11-13H2,1H3/t16-/m0/s1. The molecule has 0 bridgehead atoms. The van der Waals surface area contributed by atoms with Crippen LogP contribution in [0, 0.1) is 5.82 Å². The zero-order chi connectivity index (χ0) is 21.8. The number of aliphatic imine (C=N–C) groups is 1. The normalized spacial score (nSPS) is 18.6. The Bertz CT molecular complexity index is 1010. The van der Waals surface area contributed by atoms with E-state index in [1.807, 2.05) is 6.92 Å². The van der Waals surface area contributed by atoms with Crippen molar-refractivity contribution in [3.8, 4) is 11.6 Å². The molecule has 0 aliphatic carbocycles. The summed E-state index contributed by atoms with van der Waals surface area (Å²) in [6.45, 7) is 3.49. The molecule has 7 nitrogen and oxygen atoms in total. The van der Waals surface area contributed by atoms with Gasteiger partial charge in [0.05, 0.1) is 18.7 Å². The van der Waals surface area contributed by atoms with Crippen molar-refractivity contribution in [3.05, 3.63) is 64.3 Å². The molecule has 3 heterocycles. The van der Waals surface area contributed by atoms with Crippen molar-refractivity contribution in [2.24, 2.45) is 4.99 Å². The quantitative estimate of drug-likeness (QED) is 0.707. The third-order valence-electron chi connectivity index (χ3n) is 5.23. The van der Waals surface area contributed by atoms with Gasteiger partial charge in [0.15, 0.2) is 0 Å². The third kappa shape index (κ3) is 4.75. The lowest BCUT2D eigenvalue weighted by molar-refractivity contribution is 0.199. The van der Waals surface area contributed by atoms with E-state index < -0.39 is 12.4 Å². The zero-order valence-corrected chi connectivity index (χ0v) is 17.9. The third-order valence-corrected chi connectivity index (χ3v) is 5.52. The fraction of sp³-hybridized carbons (Fsp3) is 0.364. The number of ether oxygens (including phenoxy) is 2. The molecule has 0 saturated carbocycles. The number of nitrogens with one attached hydrogen (secondary N) is 1. The predicted molar refractivity (Wildman–Crippen MR) is 116 cm³/mol. The Morgan fingerprint density at radius 3 is 3.00 bits per heavy atom. The first-order chi connectivity index (χ1) is 15.1. The fourth-order valence-electron chi connectivity index (χ4n) is 3.70. The Morgan fingerprint density at radius 2 is 2.23 bits per heavy atom. The highest BCUT2D eigenvalue weighted by molar-refractivity contribution is 6.31. The highest BCUT2D eigenvalue weighted by Crippen LogP contribution is 2.27. The Labute approximate surface area is 185 Å². The molecular formula is C22H24ClFN4O3. The highest BCUT2D eigenvalue weighted by atomic mass is 35.5. The minimum atomic E-state index is -0.467. The van der Waals surface area contributed by atoms with Gasteiger partial charge in [-0.2, -0.15) is 0 Å². The van der Waals surface area contributed by atoms with Crippen LogP contribution in [0.2, 0.25) is 5.02 Å². The molecule has 4 rings (SSSR count). The van der Waals surface area contributed by atoms with Crippen LogP contribution in [0.25, 0.3) is 0 Å². The molecule has 9 heteroatoms. The number of hydrogen-bond acceptors (Lipinski definition) is 7. The minimum Gasteiger partial charge on any atom is -0.471 e. The van der Waals surface area contributed by atoms with Crippen LogP contribution < -0.4 is 14.8 Å². The van der Waals surface area contributed by atoms with Crippen molar-refractivity contribution in [3.63, 3.8) is 0 Å². The lowest BCUT2D eigenvalue weighted by atomic mass is 10.1. The monoisotopic (exact) mass is 446 g/mol. The van der Waals surface area contributed by atoms with E-state index in [4.69, 9.17) is 21.1 Å². The second kappa shape index (κ2) is 9.53. The van der Waals surface area contributed by atoms with Crippen molar-refractivity contribution < 1.29 is 19.0 Å². The van der Waals surface area contributed by atoms with Crippen LogP contribution in [0.4, 0.5) is 4.39 Å². The summed E-state index contributed by atoms with van der Waals surface area (Å²) < 4.78 is 25.7. The summed E-state index contributed by atoms with van der Waals surface area (Å²) in [7, 11) is 0. The first-order valence-electron chi connectivity index (χ1n) is 10.2. The number of hydrogen-bond donors (Lipinski definition) is 2. The molecule has 31 heavy (non-hydrogen) atoms. The van der Waals surface area contributed by atoms with E-state index in [0.717, 1.165) is 24.4 Å². The van der Waals surface area contributed by atoms with E-state index in [-0.39, 0.29) is 11.7 Å². The van der Waals surface area contributed by atoms with Crippen LogP contribution in [-0.2, 0) is 6.61 Å². The molecule has 0 unspecified atom stereocenters. The molecule has 1 fully saturated rings. The Hall–Kier alpha value is -2.84. The first-order valence-corrected chi connectivity index (χ1v) is 10.6. The smallest absolute Gasteiger partial charge is 0.232 e. The number of halogens is 2. The van der Waals surface area contributed by atoms with Crippen LogP contribution in [0.15, 0.2) is 52.9 Å². The first kappa shape index (κ1) is 21.4. The molecule has 164 valence electrons. The summed E-state index contributed by atoms with van der Waals surface area (Å²) >= 11 is 6.17. The van der Waals surface area contributed by atoms with Crippen LogP contribution in [0.1, 0.15) is 25.3 Å². The topological polar surface area (TPSA) is 79.2 Å². The summed E-state index contributed by atoms with van der Waals surface area (Å²) in [6, 6.07) is 7.83. The number of pyridine rings is 1. The molecule has 0 spiro atoms. The van der Waals surface area contributed by atoms with Gasteiger partial charge in [0.2, 0.25) is 11.8 Å². The summed E-state index contributed by atoms with van der Waals surface area (Å²) in [4.78, 5) is 10.9. The van der Waals surface area contributed by atoms with Crippen LogP contribution in [0.3, 0.4) is 0 Å². The Balaban J connectivity index is 1.49. The second-order valence-corrected chi connectivity index (χ2v) is 7.66. The van der Waals surface area contributed by atoms with Gasteiger partial charge in [-0.05, 0) is 36.8 Å². The average Bonchev–Trinajstić information content (AvgIpc) is 3.25. The average molecular weight is 447 g/mol. The van der Waals surface area contributed by atoms with E-state index in [2.05, 4.69) is 20.2 Å². The van der Waals surface area contributed by atoms with Gasteiger partial charge < -0.3 is 24.8 Å². The van der Waals surface area contributed by atoms with Gasteiger partial charge >= 0.3 is 0 Å². The molecule has 1 aromatic carbocycles. The zero-order valence-electron chi connectivity index (χ0n) is 17.1. The largest absolute Gasteiger partial charge is 0.471 e. The minimum absolute atomic E-state index is 0.0350. The molecule has 1 aromatic heterocycles. The molecule has 2 aromatic rings. The molecule has 0 radical (unpaired) electrons. The maximum atomic E-state index is 13.7. The summed E-state index contributed by atoms with van der Waals surface area (Å²) in [5, 5.41) is 13.1. The van der Waals surface area contributed by atoms with Gasteiger partial charge in [0.25, 0.3) is 0 Å². The van der Waals surface area contributed by atoms with E-state index in [0.29, 0.717) is 42.2 Å². The molecule has 1 atom stereocenters. The van der Waals surface area contributed by atoms with Crippen molar-refractivity contribution >= 4 is 17.5 Å². The summed E-state index contributed by atoms with van der Waals surface area (Å²) in [5.41, 5.74) is 1.11. The number of benzene rings is 1. The van der Waals surface area contributed by atoms with Gasteiger partial charge in [-0.1, -0.05) is 18.5 Å². The lowest BCUT2D eigenvalue weighted by Crippen LogP contribution is -2.38. The molecule has 2 N–H and O–H groups in total. The fourth-order valence-corrected chi connectivity index (χ4v) is 3.86. The maximum absolute atomic E-state index is 13.7. The predicted octanol–water partition coefficient (Wildman–Crippen LogP) is 3.48. The molecular weight excluding hydrogens is 423 g/mol. The van der Waals surface area contributed by atoms with Crippen molar-refractivity contribution in [2.75, 3.05) is 19.8 Å². The molecule has 0 amide bonds. The van der Waals surface area contributed by atoms with E-state index in [9.17, 15) is 9.50 Å². The van der Waals surface area contributed by atoms with Crippen LogP contribution >= 0.6 is 11.6 Å². The number of aliphatic hydroxyl groups is 1. The van der Waals surface area contributed by atoms with E-state index in [1.54, 1.807) is 18.3 Å². The van der Waals surface area contributed by atoms with E-state index in [1.165, 1.54) is 18.2 Å². The molecule has 2 aliphatic heterocycles. The number of nitrogens with zero attached hydrogens (tertiary/aromatic N) is 3. The van der Waals surface area contributed by atoms with Crippen molar-refractivity contribution in [1.82, 2.24) is 15.2 Å². The van der Waals surface area contributed by atoms with Crippen LogP contribution in [0.5, 0.6) is 11.6 Å². The van der Waals surface area contributed by atoms with Crippen LogP contribution in [-0.4, -0.2) is 46.8 Å². The number of aromatic nitrogens is 1. The maximum Gasteiger partial charge on any atom is 0.232 e. The molecule has 1 saturated heterocycles. The number of aliphatic hydroxyl groups excluding tert-OH is 1. The van der Waals surface area contributed by atoms with Crippen molar-refractivity contribution in [2.45, 2.75) is 32.5 Å². The number of likely N-dealkylation sites (tertiary alicyclic amines) is 1. The number of rotatable bonds is 6. The van der Waals surface area contributed by atoms with Gasteiger partial charge in [-0.3, -0.25) is 0 Å². The van der Waals surface area contributed by atoms with Gasteiger partial charge in [0, 0.05) is 24.7 Å². The van der Waals surface area contributed by atoms with E-state index >= 15 is 0 Å². The SMILES string of the molecule is CCC1=C(N2CC[C@H](Oc3ncccc3Cl)C2)NCN=C1Oc1ccc(F)c(CO)c1. The highest BCUT2D eigenvalue weighted by Gasteiger charge is 2.30. The summed E-state index contributed by atoms with van der Waals surface area (Å²) in [5.74, 6) is 1.85. The Morgan fingerprint density at radius 1 is 1.35 bits per heavy atom. The van der Waals surface area contributed by atoms with Gasteiger partial charge in [-0.15, -0.1) is 0 Å². The molecule has 2 aliphatic rings. The summed E-state index contributed by atoms with van der Waals surface area (Å²) in [6.07, 6.45) is 3.16. The van der Waals surface area contributed by atoms with Crippen molar-refractivity contribution in [1.29, 1.82) is 0 Å². The second-order valence-electron chi connectivity index (χ2n) is 7.26. The van der Waals surface area contributed by atoms with Gasteiger partial charge in [0.1, 0.15) is 35.2 Å². The van der Waals surface area contributed by atoms with Gasteiger partial charge in [-0.25, -0.2) is 14.4 Å². The lowest BCUT2D eigenvalue weighted by Gasteiger charge is -2.29. The Kier molecular flexibility index (Phi) is 6.58.